The summed E-state index contributed by atoms with van der Waals surface area (Å²) in [7, 11) is -3.89. The van der Waals surface area contributed by atoms with Crippen molar-refractivity contribution >= 4 is 27.6 Å². The van der Waals surface area contributed by atoms with Gasteiger partial charge in [-0.15, -0.1) is 0 Å². The minimum Gasteiger partial charge on any atom is -0.491 e. The van der Waals surface area contributed by atoms with E-state index in [-0.39, 0.29) is 12.6 Å². The largest absolute Gasteiger partial charge is 0.491 e. The molecule has 1 aromatic carbocycles. The second kappa shape index (κ2) is 7.30. The average Bonchev–Trinajstić information content (AvgIpc) is 3.27. The number of anilines is 1. The van der Waals surface area contributed by atoms with Crippen LogP contribution in [0.5, 0.6) is 5.75 Å². The normalized spacial score (nSPS) is 15.5. The maximum Gasteiger partial charge on any atom is 0.311 e. The first-order chi connectivity index (χ1) is 11.6. The number of benzene rings is 1. The summed E-state index contributed by atoms with van der Waals surface area (Å²) >= 11 is 0. The first-order valence-corrected chi connectivity index (χ1v) is 9.54. The molecule has 25 heavy (non-hydrogen) atoms. The average molecular weight is 370 g/mol. The van der Waals surface area contributed by atoms with Crippen LogP contribution in [0.15, 0.2) is 24.3 Å². The van der Waals surface area contributed by atoms with Crippen LogP contribution >= 0.6 is 0 Å². The smallest absolute Gasteiger partial charge is 0.311 e. The number of amides is 1. The highest BCUT2D eigenvalue weighted by Gasteiger charge is 2.50. The maximum atomic E-state index is 12.0. The van der Waals surface area contributed by atoms with Gasteiger partial charge in [0.25, 0.3) is 0 Å². The summed E-state index contributed by atoms with van der Waals surface area (Å²) in [6.07, 6.45) is 0.975. The van der Waals surface area contributed by atoms with Crippen molar-refractivity contribution < 1.29 is 27.9 Å². The van der Waals surface area contributed by atoms with E-state index in [2.05, 4.69) is 10.0 Å². The topological polar surface area (TPSA) is 122 Å². The van der Waals surface area contributed by atoms with E-state index >= 15 is 0 Å². The molecular weight excluding hydrogens is 348 g/mol. The zero-order valence-corrected chi connectivity index (χ0v) is 14.9. The molecule has 0 spiro atoms. The van der Waals surface area contributed by atoms with Gasteiger partial charge in [0.1, 0.15) is 11.5 Å². The molecular formula is C16H22N2O6S. The van der Waals surface area contributed by atoms with Crippen LogP contribution in [-0.4, -0.2) is 43.8 Å². The predicted octanol–water partition coefficient (Wildman–Crippen LogP) is 1.20. The number of hydrogen-bond donors (Lipinski definition) is 3. The monoisotopic (exact) mass is 370 g/mol. The Balaban J connectivity index is 1.86. The summed E-state index contributed by atoms with van der Waals surface area (Å²) in [5.74, 6) is -1.87. The molecule has 1 aliphatic carbocycles. The quantitative estimate of drug-likeness (QED) is 0.600. The van der Waals surface area contributed by atoms with Crippen molar-refractivity contribution in [2.24, 2.45) is 5.41 Å². The van der Waals surface area contributed by atoms with Crippen LogP contribution in [0.4, 0.5) is 5.69 Å². The lowest BCUT2D eigenvalue weighted by Gasteiger charge is -2.13. The summed E-state index contributed by atoms with van der Waals surface area (Å²) in [6, 6.07) is 6.33. The minimum atomic E-state index is -3.89. The SMILES string of the molecule is CC(C)Oc1ccc(NS(=O)(=O)CC(=O)NCC2(C(=O)O)CC2)cc1. The Morgan fingerprint density at radius 1 is 1.24 bits per heavy atom. The van der Waals surface area contributed by atoms with Gasteiger partial charge >= 0.3 is 5.97 Å². The Kier molecular flexibility index (Phi) is 5.56. The molecule has 2 rings (SSSR count). The molecule has 0 saturated heterocycles. The van der Waals surface area contributed by atoms with Crippen molar-refractivity contribution in [2.45, 2.75) is 32.8 Å². The van der Waals surface area contributed by atoms with Gasteiger partial charge in [-0.1, -0.05) is 0 Å². The third kappa shape index (κ3) is 5.63. The molecule has 0 bridgehead atoms. The van der Waals surface area contributed by atoms with Crippen molar-refractivity contribution in [1.29, 1.82) is 0 Å². The molecule has 3 N–H and O–H groups in total. The van der Waals surface area contributed by atoms with E-state index in [0.717, 1.165) is 0 Å². The number of sulfonamides is 1. The van der Waals surface area contributed by atoms with E-state index in [1.165, 1.54) is 12.1 Å². The van der Waals surface area contributed by atoms with Gasteiger partial charge in [0, 0.05) is 12.2 Å². The Bertz CT molecular complexity index is 738. The number of carboxylic acid groups (broad SMARTS) is 1. The number of nitrogens with one attached hydrogen (secondary N) is 2. The van der Waals surface area contributed by atoms with Crippen molar-refractivity contribution in [3.05, 3.63) is 24.3 Å². The number of carbonyl (C=O) groups excluding carboxylic acids is 1. The lowest BCUT2D eigenvalue weighted by Crippen LogP contribution is -2.38. The summed E-state index contributed by atoms with van der Waals surface area (Å²) in [5, 5.41) is 11.4. The number of aliphatic carboxylic acids is 1. The van der Waals surface area contributed by atoms with Crippen molar-refractivity contribution in [3.63, 3.8) is 0 Å². The van der Waals surface area contributed by atoms with E-state index < -0.39 is 33.1 Å². The highest BCUT2D eigenvalue weighted by atomic mass is 32.2. The van der Waals surface area contributed by atoms with Gasteiger partial charge in [0.05, 0.1) is 11.5 Å². The fraction of sp³-hybridized carbons (Fsp3) is 0.500. The third-order valence-corrected chi connectivity index (χ3v) is 4.94. The van der Waals surface area contributed by atoms with Gasteiger partial charge in [-0.05, 0) is 51.0 Å². The molecule has 1 amide bonds. The summed E-state index contributed by atoms with van der Waals surface area (Å²) in [5.41, 5.74) is -0.618. The lowest BCUT2D eigenvalue weighted by molar-refractivity contribution is -0.143. The van der Waals surface area contributed by atoms with Crippen molar-refractivity contribution in [1.82, 2.24) is 5.32 Å². The van der Waals surface area contributed by atoms with Gasteiger partial charge < -0.3 is 15.2 Å². The van der Waals surface area contributed by atoms with E-state index in [0.29, 0.717) is 24.3 Å². The first-order valence-electron chi connectivity index (χ1n) is 7.89. The van der Waals surface area contributed by atoms with Gasteiger partial charge in [0.15, 0.2) is 0 Å². The summed E-state index contributed by atoms with van der Waals surface area (Å²) < 4.78 is 31.8. The molecule has 0 heterocycles. The highest BCUT2D eigenvalue weighted by molar-refractivity contribution is 7.93. The number of hydrogen-bond acceptors (Lipinski definition) is 5. The molecule has 9 heteroatoms. The first kappa shape index (κ1) is 19.0. The maximum absolute atomic E-state index is 12.0. The van der Waals surface area contributed by atoms with Crippen LogP contribution in [0, 0.1) is 5.41 Å². The van der Waals surface area contributed by atoms with Crippen LogP contribution in [0.2, 0.25) is 0 Å². The van der Waals surface area contributed by atoms with E-state index in [1.54, 1.807) is 12.1 Å². The molecule has 1 fully saturated rings. The van der Waals surface area contributed by atoms with Gasteiger partial charge in [0.2, 0.25) is 15.9 Å². The summed E-state index contributed by atoms with van der Waals surface area (Å²) in [6.45, 7) is 3.70. The molecule has 0 aromatic heterocycles. The van der Waals surface area contributed by atoms with Crippen molar-refractivity contribution in [3.8, 4) is 5.75 Å². The number of ether oxygens (including phenoxy) is 1. The second-order valence-electron chi connectivity index (χ2n) is 6.41. The molecule has 138 valence electrons. The van der Waals surface area contributed by atoms with Crippen LogP contribution in [0.1, 0.15) is 26.7 Å². The Morgan fingerprint density at radius 3 is 2.32 bits per heavy atom. The van der Waals surface area contributed by atoms with Crippen LogP contribution in [0.25, 0.3) is 0 Å². The van der Waals surface area contributed by atoms with Crippen LogP contribution in [-0.2, 0) is 19.6 Å². The third-order valence-electron chi connectivity index (χ3n) is 3.75. The fourth-order valence-corrected chi connectivity index (χ4v) is 3.21. The van der Waals surface area contributed by atoms with Crippen molar-refractivity contribution in [2.75, 3.05) is 17.0 Å². The molecule has 8 nitrogen and oxygen atoms in total. The molecule has 1 aromatic rings. The number of carbonyl (C=O) groups is 2. The molecule has 1 saturated carbocycles. The van der Waals surface area contributed by atoms with Gasteiger partial charge in [-0.25, -0.2) is 8.42 Å². The van der Waals surface area contributed by atoms with E-state index in [9.17, 15) is 18.0 Å². The zero-order chi connectivity index (χ0) is 18.7. The Hall–Kier alpha value is -2.29. The number of rotatable bonds is 9. The van der Waals surface area contributed by atoms with E-state index in [4.69, 9.17) is 9.84 Å². The highest BCUT2D eigenvalue weighted by Crippen LogP contribution is 2.45. The lowest BCUT2D eigenvalue weighted by atomic mass is 10.1. The predicted molar refractivity (Wildman–Crippen MR) is 91.9 cm³/mol. The fourth-order valence-electron chi connectivity index (χ4n) is 2.20. The molecule has 0 aliphatic heterocycles. The van der Waals surface area contributed by atoms with Gasteiger partial charge in [-0.3, -0.25) is 14.3 Å². The molecule has 1 aliphatic rings. The standard InChI is InChI=1S/C16H22N2O6S/c1-11(2)24-13-5-3-12(4-6-13)18-25(22,23)9-14(19)17-10-16(7-8-16)15(20)21/h3-6,11,18H,7-10H2,1-2H3,(H,17,19)(H,20,21). The van der Waals surface area contributed by atoms with Crippen LogP contribution < -0.4 is 14.8 Å². The number of carboxylic acids is 1. The van der Waals surface area contributed by atoms with Gasteiger partial charge in [-0.2, -0.15) is 0 Å². The molecule has 0 unspecified atom stereocenters. The molecule has 0 atom stereocenters. The second-order valence-corrected chi connectivity index (χ2v) is 8.14. The Morgan fingerprint density at radius 2 is 1.84 bits per heavy atom. The zero-order valence-electron chi connectivity index (χ0n) is 14.1. The minimum absolute atomic E-state index is 0.00630. The molecule has 0 radical (unpaired) electrons. The van der Waals surface area contributed by atoms with E-state index in [1.807, 2.05) is 13.8 Å². The summed E-state index contributed by atoms with van der Waals surface area (Å²) in [4.78, 5) is 22.8. The van der Waals surface area contributed by atoms with Crippen LogP contribution in [0.3, 0.4) is 0 Å². The Labute approximate surface area is 146 Å².